The van der Waals surface area contributed by atoms with Crippen molar-refractivity contribution in [3.05, 3.63) is 59.3 Å². The van der Waals surface area contributed by atoms with Gasteiger partial charge in [0.1, 0.15) is 17.1 Å². The molecule has 4 heteroatoms. The van der Waals surface area contributed by atoms with Crippen molar-refractivity contribution in [1.29, 1.82) is 0 Å². The predicted molar refractivity (Wildman–Crippen MR) is 86.3 cm³/mol. The number of furan rings is 1. The number of benzene rings is 2. The van der Waals surface area contributed by atoms with Gasteiger partial charge >= 0.3 is 0 Å². The van der Waals surface area contributed by atoms with Crippen molar-refractivity contribution < 1.29 is 9.15 Å². The number of halogens is 1. The zero-order valence-electron chi connectivity index (χ0n) is 11.9. The highest BCUT2D eigenvalue weighted by Gasteiger charge is 2.13. The molecule has 3 aromatic rings. The molecule has 0 spiro atoms. The zero-order valence-corrected chi connectivity index (χ0v) is 12.6. The Hall–Kier alpha value is -2.13. The summed E-state index contributed by atoms with van der Waals surface area (Å²) in [4.78, 5) is 0. The first-order valence-corrected chi connectivity index (χ1v) is 7.14. The summed E-state index contributed by atoms with van der Waals surface area (Å²) in [6.07, 6.45) is 0. The lowest BCUT2D eigenvalue weighted by Crippen LogP contribution is -2.06. The fraction of sp³-hybridized carbons (Fsp3) is 0.176. The number of nitrogens with one attached hydrogen (secondary N) is 1. The molecule has 3 nitrogen and oxygen atoms in total. The van der Waals surface area contributed by atoms with E-state index in [0.717, 1.165) is 28.2 Å². The molecule has 0 radical (unpaired) electrons. The second kappa shape index (κ2) is 5.70. The van der Waals surface area contributed by atoms with Gasteiger partial charge in [0.2, 0.25) is 0 Å². The van der Waals surface area contributed by atoms with Crippen LogP contribution >= 0.6 is 11.6 Å². The van der Waals surface area contributed by atoms with E-state index in [0.29, 0.717) is 5.02 Å². The Morgan fingerprint density at radius 3 is 2.71 bits per heavy atom. The summed E-state index contributed by atoms with van der Waals surface area (Å²) in [6, 6.07) is 15.5. The highest BCUT2D eigenvalue weighted by atomic mass is 35.5. The molecule has 1 heterocycles. The van der Waals surface area contributed by atoms with Gasteiger partial charge in [-0.2, -0.15) is 0 Å². The molecule has 1 aromatic heterocycles. The Kier molecular flexibility index (Phi) is 3.76. The van der Waals surface area contributed by atoms with Crippen LogP contribution in [-0.2, 0) is 0 Å². The molecule has 0 amide bonds. The quantitative estimate of drug-likeness (QED) is 0.713. The normalized spacial score (nSPS) is 12.3. The molecule has 1 atom stereocenters. The SMILES string of the molecule is COc1ccc(Cl)cc1NC(C)c1cc2ccccc2o1. The van der Waals surface area contributed by atoms with E-state index in [2.05, 4.69) is 5.32 Å². The van der Waals surface area contributed by atoms with Crippen LogP contribution in [0.5, 0.6) is 5.75 Å². The summed E-state index contributed by atoms with van der Waals surface area (Å²) in [5.41, 5.74) is 1.73. The second-order valence-electron chi connectivity index (χ2n) is 4.90. The van der Waals surface area contributed by atoms with Crippen LogP contribution in [0.15, 0.2) is 52.9 Å². The Morgan fingerprint density at radius 1 is 1.14 bits per heavy atom. The number of methoxy groups -OCH3 is 1. The van der Waals surface area contributed by atoms with E-state index in [1.165, 1.54) is 0 Å². The van der Waals surface area contributed by atoms with Crippen LogP contribution in [0, 0.1) is 0 Å². The molecular formula is C17H16ClNO2. The van der Waals surface area contributed by atoms with E-state index in [-0.39, 0.29) is 6.04 Å². The molecule has 21 heavy (non-hydrogen) atoms. The molecular weight excluding hydrogens is 286 g/mol. The largest absolute Gasteiger partial charge is 0.495 e. The van der Waals surface area contributed by atoms with Crippen molar-refractivity contribution in [1.82, 2.24) is 0 Å². The fourth-order valence-electron chi connectivity index (χ4n) is 2.31. The number of fused-ring (bicyclic) bond motifs is 1. The summed E-state index contributed by atoms with van der Waals surface area (Å²) < 4.78 is 11.2. The third kappa shape index (κ3) is 2.83. The van der Waals surface area contributed by atoms with Crippen molar-refractivity contribution in [3.8, 4) is 5.75 Å². The highest BCUT2D eigenvalue weighted by molar-refractivity contribution is 6.30. The molecule has 108 valence electrons. The van der Waals surface area contributed by atoms with E-state index in [1.54, 1.807) is 13.2 Å². The fourth-order valence-corrected chi connectivity index (χ4v) is 2.49. The molecule has 1 unspecified atom stereocenters. The Balaban J connectivity index is 1.89. The summed E-state index contributed by atoms with van der Waals surface area (Å²) >= 11 is 6.05. The van der Waals surface area contributed by atoms with Crippen LogP contribution in [0.3, 0.4) is 0 Å². The van der Waals surface area contributed by atoms with E-state index >= 15 is 0 Å². The molecule has 0 aliphatic carbocycles. The molecule has 0 bridgehead atoms. The Labute approximate surface area is 128 Å². The molecule has 0 fully saturated rings. The molecule has 0 aliphatic heterocycles. The van der Waals surface area contributed by atoms with Crippen molar-refractivity contribution in [2.45, 2.75) is 13.0 Å². The minimum Gasteiger partial charge on any atom is -0.495 e. The lowest BCUT2D eigenvalue weighted by atomic mass is 10.2. The van der Waals surface area contributed by atoms with E-state index in [4.69, 9.17) is 20.8 Å². The monoisotopic (exact) mass is 301 g/mol. The van der Waals surface area contributed by atoms with Gasteiger partial charge in [-0.3, -0.25) is 0 Å². The first kappa shape index (κ1) is 13.8. The van der Waals surface area contributed by atoms with Crippen LogP contribution in [-0.4, -0.2) is 7.11 Å². The standard InChI is InChI=1S/C17H16ClNO2/c1-11(17-9-12-5-3-4-6-15(12)21-17)19-14-10-13(18)7-8-16(14)20-2/h3-11,19H,1-2H3. The summed E-state index contributed by atoms with van der Waals surface area (Å²) in [5, 5.41) is 5.13. The molecule has 0 saturated carbocycles. The van der Waals surface area contributed by atoms with Crippen LogP contribution in [0.25, 0.3) is 11.0 Å². The highest BCUT2D eigenvalue weighted by Crippen LogP contribution is 2.32. The van der Waals surface area contributed by atoms with Gasteiger partial charge in [0, 0.05) is 10.4 Å². The lowest BCUT2D eigenvalue weighted by Gasteiger charge is -2.16. The second-order valence-corrected chi connectivity index (χ2v) is 5.33. The maximum atomic E-state index is 6.05. The average Bonchev–Trinajstić information content (AvgIpc) is 2.91. The number of rotatable bonds is 4. The van der Waals surface area contributed by atoms with E-state index < -0.39 is 0 Å². The number of para-hydroxylation sites is 1. The smallest absolute Gasteiger partial charge is 0.142 e. The van der Waals surface area contributed by atoms with Crippen molar-refractivity contribution in [2.75, 3.05) is 12.4 Å². The van der Waals surface area contributed by atoms with Crippen molar-refractivity contribution >= 4 is 28.3 Å². The topological polar surface area (TPSA) is 34.4 Å². The first-order chi connectivity index (χ1) is 10.2. The van der Waals surface area contributed by atoms with E-state index in [9.17, 15) is 0 Å². The van der Waals surface area contributed by atoms with Crippen LogP contribution in [0.4, 0.5) is 5.69 Å². The van der Waals surface area contributed by atoms with E-state index in [1.807, 2.05) is 49.4 Å². The minimum absolute atomic E-state index is 0.00441. The Bertz CT molecular complexity index is 733. The summed E-state index contributed by atoms with van der Waals surface area (Å²) in [7, 11) is 1.64. The molecule has 0 aliphatic rings. The van der Waals surface area contributed by atoms with Crippen molar-refractivity contribution in [3.63, 3.8) is 0 Å². The van der Waals surface area contributed by atoms with Crippen LogP contribution in [0.1, 0.15) is 18.7 Å². The van der Waals surface area contributed by atoms with Gasteiger partial charge in [-0.15, -0.1) is 0 Å². The average molecular weight is 302 g/mol. The lowest BCUT2D eigenvalue weighted by molar-refractivity contribution is 0.415. The summed E-state index contributed by atoms with van der Waals surface area (Å²) in [5.74, 6) is 1.63. The number of anilines is 1. The number of ether oxygens (including phenoxy) is 1. The van der Waals surface area contributed by atoms with Gasteiger partial charge in [0.25, 0.3) is 0 Å². The molecule has 3 rings (SSSR count). The van der Waals surface area contributed by atoms with Gasteiger partial charge in [-0.25, -0.2) is 0 Å². The van der Waals surface area contributed by atoms with Crippen LogP contribution in [0.2, 0.25) is 5.02 Å². The maximum Gasteiger partial charge on any atom is 0.142 e. The third-order valence-electron chi connectivity index (χ3n) is 3.40. The number of hydrogen-bond acceptors (Lipinski definition) is 3. The van der Waals surface area contributed by atoms with Gasteiger partial charge < -0.3 is 14.5 Å². The molecule has 1 N–H and O–H groups in total. The van der Waals surface area contributed by atoms with Crippen molar-refractivity contribution in [2.24, 2.45) is 0 Å². The van der Waals surface area contributed by atoms with Gasteiger partial charge in [-0.05, 0) is 37.3 Å². The van der Waals surface area contributed by atoms with Crippen LogP contribution < -0.4 is 10.1 Å². The third-order valence-corrected chi connectivity index (χ3v) is 3.64. The predicted octanol–water partition coefficient (Wildman–Crippen LogP) is 5.27. The number of hydrogen-bond donors (Lipinski definition) is 1. The zero-order chi connectivity index (χ0) is 14.8. The summed E-state index contributed by atoms with van der Waals surface area (Å²) in [6.45, 7) is 2.04. The first-order valence-electron chi connectivity index (χ1n) is 6.76. The maximum absolute atomic E-state index is 6.05. The van der Waals surface area contributed by atoms with Gasteiger partial charge in [-0.1, -0.05) is 29.8 Å². The Morgan fingerprint density at radius 2 is 1.95 bits per heavy atom. The molecule has 2 aromatic carbocycles. The molecule has 0 saturated heterocycles. The van der Waals surface area contributed by atoms with Gasteiger partial charge in [0.05, 0.1) is 18.8 Å². The van der Waals surface area contributed by atoms with Gasteiger partial charge in [0.15, 0.2) is 0 Å². The minimum atomic E-state index is 0.00441.